The molecule has 6 heteroatoms. The van der Waals surface area contributed by atoms with Gasteiger partial charge in [0.25, 0.3) is 0 Å². The van der Waals surface area contributed by atoms with Crippen molar-refractivity contribution in [2.24, 2.45) is 0 Å². The quantitative estimate of drug-likeness (QED) is 0.779. The van der Waals surface area contributed by atoms with E-state index in [0.29, 0.717) is 6.42 Å². The molecular formula is C19H30O4SSi. The number of Topliss-reactive ketones (excluding diaryl/α,β-unsaturated/α-hetero) is 1. The SMILES string of the molecule is CC(C)(C)[Si](C)(C)O[C@@H]1C[C@@](C)(Sc2ccccc2)C(=O)[C@@H](O)[C@H]1O. The largest absolute Gasteiger partial charge is 0.411 e. The standard InChI is InChI=1S/C19H30O4SSi/c1-18(2,3)25(5,6)23-14-12-19(4,17(22)16(21)15(14)20)24-13-10-8-7-9-11-13/h7-11,14-16,20-21H,12H2,1-6H3/t14-,15+,16+,19-/m1/s1. The molecule has 4 nitrogen and oxygen atoms in total. The maximum absolute atomic E-state index is 12.7. The highest BCUT2D eigenvalue weighted by Crippen LogP contribution is 2.45. The number of rotatable bonds is 4. The Hall–Kier alpha value is -0.663. The summed E-state index contributed by atoms with van der Waals surface area (Å²) in [5, 5.41) is 20.8. The van der Waals surface area contributed by atoms with Crippen molar-refractivity contribution in [1.82, 2.24) is 0 Å². The average molecular weight is 383 g/mol. The van der Waals surface area contributed by atoms with E-state index in [1.54, 1.807) is 0 Å². The van der Waals surface area contributed by atoms with Gasteiger partial charge in [-0.1, -0.05) is 39.0 Å². The summed E-state index contributed by atoms with van der Waals surface area (Å²) in [6.07, 6.45) is -2.75. The number of ketones is 1. The molecule has 1 fully saturated rings. The molecule has 25 heavy (non-hydrogen) atoms. The highest BCUT2D eigenvalue weighted by molar-refractivity contribution is 8.01. The molecule has 0 saturated heterocycles. The van der Waals surface area contributed by atoms with Crippen molar-refractivity contribution in [1.29, 1.82) is 0 Å². The van der Waals surface area contributed by atoms with Crippen LogP contribution in [0.1, 0.15) is 34.1 Å². The lowest BCUT2D eigenvalue weighted by atomic mass is 9.82. The Balaban J connectivity index is 2.26. The number of hydrogen-bond donors (Lipinski definition) is 2. The van der Waals surface area contributed by atoms with Crippen molar-refractivity contribution < 1.29 is 19.4 Å². The zero-order valence-electron chi connectivity index (χ0n) is 15.9. The molecule has 1 aliphatic rings. The number of aliphatic hydroxyl groups excluding tert-OH is 2. The Bertz CT molecular complexity index is 614. The van der Waals surface area contributed by atoms with E-state index in [1.807, 2.05) is 37.3 Å². The normalized spacial score (nSPS) is 31.2. The first kappa shape index (κ1) is 20.6. The van der Waals surface area contributed by atoms with E-state index < -0.39 is 31.4 Å². The van der Waals surface area contributed by atoms with Crippen LogP contribution in [0.25, 0.3) is 0 Å². The maximum atomic E-state index is 12.7. The fraction of sp³-hybridized carbons (Fsp3) is 0.632. The minimum absolute atomic E-state index is 0.0118. The van der Waals surface area contributed by atoms with Gasteiger partial charge in [0.2, 0.25) is 0 Å². The molecule has 0 radical (unpaired) electrons. The van der Waals surface area contributed by atoms with Gasteiger partial charge in [-0.2, -0.15) is 0 Å². The van der Waals surface area contributed by atoms with E-state index in [1.165, 1.54) is 11.8 Å². The Labute approximate surface area is 156 Å². The summed E-state index contributed by atoms with van der Waals surface area (Å²) in [5.74, 6) is -0.330. The van der Waals surface area contributed by atoms with Crippen molar-refractivity contribution >= 4 is 25.9 Å². The van der Waals surface area contributed by atoms with Crippen LogP contribution in [-0.2, 0) is 9.22 Å². The summed E-state index contributed by atoms with van der Waals surface area (Å²) in [6.45, 7) is 12.5. The fourth-order valence-corrected chi connectivity index (χ4v) is 5.40. The highest BCUT2D eigenvalue weighted by atomic mass is 32.2. The van der Waals surface area contributed by atoms with Gasteiger partial charge in [-0.25, -0.2) is 0 Å². The van der Waals surface area contributed by atoms with Crippen LogP contribution in [0.3, 0.4) is 0 Å². The van der Waals surface area contributed by atoms with Gasteiger partial charge < -0.3 is 14.6 Å². The lowest BCUT2D eigenvalue weighted by Crippen LogP contribution is -2.60. The van der Waals surface area contributed by atoms with Crippen molar-refractivity contribution in [2.45, 2.75) is 80.2 Å². The predicted octanol–water partition coefficient (Wildman–Crippen LogP) is 3.62. The zero-order chi connectivity index (χ0) is 19.0. The summed E-state index contributed by atoms with van der Waals surface area (Å²) >= 11 is 1.43. The second-order valence-electron chi connectivity index (χ2n) is 8.57. The van der Waals surface area contributed by atoms with Crippen molar-refractivity contribution in [3.63, 3.8) is 0 Å². The second-order valence-corrected chi connectivity index (χ2v) is 14.9. The lowest BCUT2D eigenvalue weighted by Gasteiger charge is -2.46. The predicted molar refractivity (Wildman–Crippen MR) is 104 cm³/mol. The summed E-state index contributed by atoms with van der Waals surface area (Å²) in [4.78, 5) is 13.7. The van der Waals surface area contributed by atoms with Gasteiger partial charge in [0.15, 0.2) is 14.1 Å². The number of thioether (sulfide) groups is 1. The Morgan fingerprint density at radius 1 is 1.20 bits per heavy atom. The smallest absolute Gasteiger partial charge is 0.192 e. The molecule has 1 aliphatic carbocycles. The van der Waals surface area contributed by atoms with Crippen LogP contribution in [0.15, 0.2) is 35.2 Å². The summed E-state index contributed by atoms with van der Waals surface area (Å²) in [7, 11) is -2.13. The molecule has 4 atom stereocenters. The molecule has 0 aliphatic heterocycles. The molecule has 0 unspecified atom stereocenters. The number of benzene rings is 1. The molecule has 2 rings (SSSR count). The van der Waals surface area contributed by atoms with Crippen molar-refractivity contribution in [3.05, 3.63) is 30.3 Å². The molecule has 1 aromatic carbocycles. The van der Waals surface area contributed by atoms with E-state index in [-0.39, 0.29) is 10.8 Å². The van der Waals surface area contributed by atoms with Crippen LogP contribution in [0.5, 0.6) is 0 Å². The van der Waals surface area contributed by atoms with Crippen LogP contribution in [-0.4, -0.2) is 47.4 Å². The van der Waals surface area contributed by atoms with Gasteiger partial charge in [-0.3, -0.25) is 4.79 Å². The van der Waals surface area contributed by atoms with Crippen LogP contribution >= 0.6 is 11.8 Å². The van der Waals surface area contributed by atoms with E-state index in [4.69, 9.17) is 4.43 Å². The molecule has 1 saturated carbocycles. The molecule has 0 spiro atoms. The van der Waals surface area contributed by atoms with Gasteiger partial charge in [-0.05, 0) is 43.6 Å². The van der Waals surface area contributed by atoms with Gasteiger partial charge in [0, 0.05) is 4.90 Å². The summed E-state index contributed by atoms with van der Waals surface area (Å²) in [5.41, 5.74) is 0. The Morgan fingerprint density at radius 3 is 2.28 bits per heavy atom. The maximum Gasteiger partial charge on any atom is 0.192 e. The average Bonchev–Trinajstić information content (AvgIpc) is 2.50. The Kier molecular flexibility index (Phi) is 5.91. The minimum atomic E-state index is -2.13. The molecule has 140 valence electrons. The van der Waals surface area contributed by atoms with Gasteiger partial charge in [-0.15, -0.1) is 11.8 Å². The van der Waals surface area contributed by atoms with Crippen molar-refractivity contribution in [3.8, 4) is 0 Å². The second kappa shape index (κ2) is 7.16. The van der Waals surface area contributed by atoms with Crippen molar-refractivity contribution in [2.75, 3.05) is 0 Å². The molecular weight excluding hydrogens is 352 g/mol. The first-order chi connectivity index (χ1) is 11.4. The summed E-state index contributed by atoms with van der Waals surface area (Å²) < 4.78 is 5.54. The third kappa shape index (κ3) is 4.36. The molecule has 0 amide bonds. The van der Waals surface area contributed by atoms with E-state index in [0.717, 1.165) is 4.90 Å². The third-order valence-electron chi connectivity index (χ3n) is 5.42. The number of aliphatic hydroxyl groups is 2. The first-order valence-corrected chi connectivity index (χ1v) is 12.4. The number of hydrogen-bond acceptors (Lipinski definition) is 5. The topological polar surface area (TPSA) is 66.8 Å². The van der Waals surface area contributed by atoms with Gasteiger partial charge in [0.05, 0.1) is 10.9 Å². The molecule has 0 bridgehead atoms. The van der Waals surface area contributed by atoms with Crippen LogP contribution < -0.4 is 0 Å². The molecule has 0 heterocycles. The third-order valence-corrected chi connectivity index (χ3v) is 11.3. The van der Waals surface area contributed by atoms with Gasteiger partial charge >= 0.3 is 0 Å². The van der Waals surface area contributed by atoms with Crippen LogP contribution in [0.2, 0.25) is 18.1 Å². The summed E-state index contributed by atoms with van der Waals surface area (Å²) in [6, 6.07) is 9.67. The zero-order valence-corrected chi connectivity index (χ0v) is 17.8. The Morgan fingerprint density at radius 2 is 1.76 bits per heavy atom. The van der Waals surface area contributed by atoms with E-state index in [2.05, 4.69) is 33.9 Å². The lowest BCUT2D eigenvalue weighted by molar-refractivity contribution is -0.148. The molecule has 1 aromatic rings. The number of carbonyl (C=O) groups is 1. The fourth-order valence-electron chi connectivity index (χ4n) is 2.78. The monoisotopic (exact) mass is 382 g/mol. The van der Waals surface area contributed by atoms with Gasteiger partial charge in [0.1, 0.15) is 12.2 Å². The molecule has 0 aromatic heterocycles. The van der Waals surface area contributed by atoms with E-state index in [9.17, 15) is 15.0 Å². The van der Waals surface area contributed by atoms with Crippen LogP contribution in [0.4, 0.5) is 0 Å². The minimum Gasteiger partial charge on any atom is -0.411 e. The van der Waals surface area contributed by atoms with Crippen LogP contribution in [0, 0.1) is 0 Å². The molecule has 2 N–H and O–H groups in total. The first-order valence-electron chi connectivity index (χ1n) is 8.70. The van der Waals surface area contributed by atoms with E-state index >= 15 is 0 Å². The highest BCUT2D eigenvalue weighted by Gasteiger charge is 2.52. The number of carbonyl (C=O) groups excluding carboxylic acids is 1.